The van der Waals surface area contributed by atoms with E-state index < -0.39 is 72.5 Å². The maximum absolute atomic E-state index is 12.5. The minimum absolute atomic E-state index is 0.0679. The van der Waals surface area contributed by atoms with Crippen LogP contribution in [0.25, 0.3) is 0 Å². The van der Waals surface area contributed by atoms with Gasteiger partial charge in [-0.2, -0.15) is 0 Å². The van der Waals surface area contributed by atoms with E-state index in [0.717, 1.165) is 6.92 Å². The van der Waals surface area contributed by atoms with Crippen molar-refractivity contribution in [3.05, 3.63) is 0 Å². The van der Waals surface area contributed by atoms with Gasteiger partial charge in [0, 0.05) is 0 Å². The average molecular weight is 448 g/mol. The molecule has 0 heterocycles. The van der Waals surface area contributed by atoms with Gasteiger partial charge in [0.2, 0.25) is 17.7 Å². The normalized spacial score (nSPS) is 16.9. The molecule has 0 saturated carbocycles. The van der Waals surface area contributed by atoms with Gasteiger partial charge in [-0.05, 0) is 26.2 Å². The first-order valence-corrected chi connectivity index (χ1v) is 9.64. The van der Waals surface area contributed by atoms with Crippen molar-refractivity contribution in [1.29, 1.82) is 0 Å². The molecule has 0 rings (SSSR count). The highest BCUT2D eigenvalue weighted by Crippen LogP contribution is 2.07. The number of nitrogens with one attached hydrogen (secondary N) is 3. The number of nitrogens with two attached hydrogens (primary N) is 1. The highest BCUT2D eigenvalue weighted by molar-refractivity contribution is 5.95. The number of rotatable bonds is 13. The Morgan fingerprint density at radius 1 is 0.774 bits per heavy atom. The van der Waals surface area contributed by atoms with Crippen molar-refractivity contribution in [2.45, 2.75) is 76.9 Å². The summed E-state index contributed by atoms with van der Waals surface area (Å²) < 4.78 is 0. The van der Waals surface area contributed by atoms with Crippen molar-refractivity contribution in [3.8, 4) is 0 Å². The highest BCUT2D eigenvalue weighted by Gasteiger charge is 2.34. The third kappa shape index (κ3) is 10.2. The molecule has 178 valence electrons. The van der Waals surface area contributed by atoms with Crippen LogP contribution in [0.3, 0.4) is 0 Å². The van der Waals surface area contributed by atoms with Crippen molar-refractivity contribution in [1.82, 2.24) is 16.0 Å². The van der Waals surface area contributed by atoms with E-state index >= 15 is 0 Å². The Bertz CT molecular complexity index is 666. The molecule has 3 amide bonds. The summed E-state index contributed by atoms with van der Waals surface area (Å²) in [4.78, 5) is 59.5. The minimum atomic E-state index is -1.68. The second-order valence-electron chi connectivity index (χ2n) is 7.68. The zero-order valence-electron chi connectivity index (χ0n) is 17.9. The number of carbonyl (C=O) groups excluding carboxylic acids is 3. The quantitative estimate of drug-likeness (QED) is 0.144. The molecular weight excluding hydrogens is 416 g/mol. The van der Waals surface area contributed by atoms with Crippen molar-refractivity contribution >= 4 is 29.7 Å². The zero-order chi connectivity index (χ0) is 24.5. The molecule has 6 atom stereocenters. The average Bonchev–Trinajstić information content (AvgIpc) is 2.62. The van der Waals surface area contributed by atoms with E-state index in [0.29, 0.717) is 0 Å². The molecule has 0 aromatic rings. The highest BCUT2D eigenvalue weighted by atomic mass is 16.4. The van der Waals surface area contributed by atoms with Crippen LogP contribution in [-0.4, -0.2) is 86.5 Å². The first kappa shape index (κ1) is 28.2. The standard InChI is InChI=1S/C18H32N4O9/c1-7(2)5-11(18(30)31)21-15(27)10(6-12(25)26)20-17(29)14(9(4)24)22-16(28)13(19)8(3)23/h7-11,13-14,23-24H,5-6,19H2,1-4H3,(H,20,29)(H,21,27)(H,22,28)(H,25,26)(H,30,31). The summed E-state index contributed by atoms with van der Waals surface area (Å²) in [5.74, 6) is -5.99. The molecule has 0 aliphatic carbocycles. The molecule has 0 aliphatic heterocycles. The lowest BCUT2D eigenvalue weighted by Crippen LogP contribution is -2.61. The van der Waals surface area contributed by atoms with Gasteiger partial charge in [0.25, 0.3) is 0 Å². The SMILES string of the molecule is CC(C)CC(NC(=O)C(CC(=O)O)NC(=O)C(NC(=O)C(N)C(C)O)C(C)O)C(=O)O. The van der Waals surface area contributed by atoms with Crippen molar-refractivity contribution in [3.63, 3.8) is 0 Å². The third-order valence-corrected chi connectivity index (χ3v) is 4.22. The predicted octanol–water partition coefficient (Wildman–Crippen LogP) is -2.86. The van der Waals surface area contributed by atoms with Gasteiger partial charge < -0.3 is 42.1 Å². The largest absolute Gasteiger partial charge is 0.481 e. The Balaban J connectivity index is 5.47. The summed E-state index contributed by atoms with van der Waals surface area (Å²) in [5.41, 5.74) is 5.47. The summed E-state index contributed by atoms with van der Waals surface area (Å²) >= 11 is 0. The van der Waals surface area contributed by atoms with E-state index in [1.54, 1.807) is 13.8 Å². The fraction of sp³-hybridized carbons (Fsp3) is 0.722. The monoisotopic (exact) mass is 448 g/mol. The van der Waals surface area contributed by atoms with Gasteiger partial charge in [-0.25, -0.2) is 4.79 Å². The summed E-state index contributed by atoms with van der Waals surface area (Å²) in [5, 5.41) is 43.9. The number of hydrogen-bond acceptors (Lipinski definition) is 8. The fourth-order valence-electron chi connectivity index (χ4n) is 2.48. The minimum Gasteiger partial charge on any atom is -0.481 e. The van der Waals surface area contributed by atoms with Gasteiger partial charge in [0.15, 0.2) is 0 Å². The number of carbonyl (C=O) groups is 5. The first-order valence-electron chi connectivity index (χ1n) is 9.64. The molecular formula is C18H32N4O9. The van der Waals surface area contributed by atoms with Crippen LogP contribution in [0.15, 0.2) is 0 Å². The molecule has 9 N–H and O–H groups in total. The van der Waals surface area contributed by atoms with Gasteiger partial charge in [0.05, 0.1) is 18.6 Å². The van der Waals surface area contributed by atoms with Crippen molar-refractivity contribution in [2.24, 2.45) is 11.7 Å². The molecule has 0 saturated heterocycles. The molecule has 31 heavy (non-hydrogen) atoms. The van der Waals surface area contributed by atoms with Crippen LogP contribution in [-0.2, 0) is 24.0 Å². The van der Waals surface area contributed by atoms with Crippen LogP contribution in [0.5, 0.6) is 0 Å². The van der Waals surface area contributed by atoms with Crippen LogP contribution in [0.1, 0.15) is 40.5 Å². The summed E-state index contributed by atoms with van der Waals surface area (Å²) in [6.45, 7) is 5.86. The Labute approximate surface area is 179 Å². The maximum atomic E-state index is 12.5. The Morgan fingerprint density at radius 2 is 1.29 bits per heavy atom. The van der Waals surface area contributed by atoms with E-state index in [9.17, 15) is 39.3 Å². The number of aliphatic carboxylic acids is 2. The molecule has 0 fully saturated rings. The van der Waals surface area contributed by atoms with E-state index in [-0.39, 0.29) is 12.3 Å². The van der Waals surface area contributed by atoms with Crippen molar-refractivity contribution < 1.29 is 44.4 Å². The molecule has 0 aromatic heterocycles. The third-order valence-electron chi connectivity index (χ3n) is 4.22. The van der Waals surface area contributed by atoms with E-state index in [4.69, 9.17) is 10.8 Å². The molecule has 0 spiro atoms. The fourth-order valence-corrected chi connectivity index (χ4v) is 2.48. The van der Waals surface area contributed by atoms with Crippen LogP contribution in [0, 0.1) is 5.92 Å². The molecule has 0 bridgehead atoms. The predicted molar refractivity (Wildman–Crippen MR) is 106 cm³/mol. The number of aliphatic hydroxyl groups is 2. The van der Waals surface area contributed by atoms with Crippen LogP contribution < -0.4 is 21.7 Å². The Hall–Kier alpha value is -2.77. The lowest BCUT2D eigenvalue weighted by Gasteiger charge is -2.26. The summed E-state index contributed by atoms with van der Waals surface area (Å²) in [7, 11) is 0. The van der Waals surface area contributed by atoms with Crippen LogP contribution in [0.2, 0.25) is 0 Å². The molecule has 6 unspecified atom stereocenters. The second kappa shape index (κ2) is 12.8. The lowest BCUT2D eigenvalue weighted by atomic mass is 10.0. The number of aliphatic hydroxyl groups excluding tert-OH is 2. The summed E-state index contributed by atoms with van der Waals surface area (Å²) in [6, 6.07) is -6.01. The second-order valence-corrected chi connectivity index (χ2v) is 7.68. The van der Waals surface area contributed by atoms with E-state index in [1.165, 1.54) is 6.92 Å². The maximum Gasteiger partial charge on any atom is 0.326 e. The molecule has 13 heteroatoms. The van der Waals surface area contributed by atoms with E-state index in [2.05, 4.69) is 16.0 Å². The molecule has 0 aliphatic rings. The number of hydrogen-bond donors (Lipinski definition) is 8. The van der Waals surface area contributed by atoms with Gasteiger partial charge in [-0.1, -0.05) is 13.8 Å². The Morgan fingerprint density at radius 3 is 1.68 bits per heavy atom. The van der Waals surface area contributed by atoms with Crippen LogP contribution >= 0.6 is 0 Å². The molecule has 0 radical (unpaired) electrons. The zero-order valence-corrected chi connectivity index (χ0v) is 17.9. The van der Waals surface area contributed by atoms with Gasteiger partial charge in [-0.15, -0.1) is 0 Å². The number of carboxylic acids is 2. The van der Waals surface area contributed by atoms with Gasteiger partial charge in [-0.3, -0.25) is 19.2 Å². The summed E-state index contributed by atoms with van der Waals surface area (Å²) in [6.07, 6.45) is -3.53. The smallest absolute Gasteiger partial charge is 0.326 e. The van der Waals surface area contributed by atoms with Gasteiger partial charge >= 0.3 is 11.9 Å². The molecule has 13 nitrogen and oxygen atoms in total. The number of carboxylic acid groups (broad SMARTS) is 2. The van der Waals surface area contributed by atoms with Crippen molar-refractivity contribution in [2.75, 3.05) is 0 Å². The molecule has 0 aromatic carbocycles. The number of amides is 3. The topological polar surface area (TPSA) is 228 Å². The first-order chi connectivity index (χ1) is 14.2. The van der Waals surface area contributed by atoms with Gasteiger partial charge in [0.1, 0.15) is 24.2 Å². The Kier molecular flexibility index (Phi) is 11.7. The van der Waals surface area contributed by atoms with E-state index in [1.807, 2.05) is 0 Å². The lowest BCUT2D eigenvalue weighted by molar-refractivity contribution is -0.144. The van der Waals surface area contributed by atoms with Crippen LogP contribution in [0.4, 0.5) is 0 Å².